The third-order valence-electron chi connectivity index (χ3n) is 7.01. The van der Waals surface area contributed by atoms with E-state index in [9.17, 15) is 28.8 Å². The summed E-state index contributed by atoms with van der Waals surface area (Å²) in [6.45, 7) is 4.03. The molecule has 3 N–H and O–H groups in total. The van der Waals surface area contributed by atoms with Crippen LogP contribution in [0.2, 0.25) is 0 Å². The smallest absolute Gasteiger partial charge is 0.306 e. The van der Waals surface area contributed by atoms with Crippen LogP contribution in [0, 0.1) is 0 Å². The van der Waals surface area contributed by atoms with Gasteiger partial charge in [-0.25, -0.2) is 0 Å². The molecule has 0 aliphatic rings. The Morgan fingerprint density at radius 1 is 0.604 bits per heavy atom. The number of benzene rings is 4. The summed E-state index contributed by atoms with van der Waals surface area (Å²) in [4.78, 5) is 69.0. The van der Waals surface area contributed by atoms with E-state index in [4.69, 9.17) is 31.5 Å². The number of methoxy groups -OCH3 is 2. The molecule has 0 atom stereocenters. The molecule has 280 valence electrons. The molecule has 4 aromatic carbocycles. The molecule has 4 rings (SSSR count). The number of hydrogen-bond acceptors (Lipinski definition) is 11. The molecule has 4 aromatic rings. The van der Waals surface area contributed by atoms with E-state index in [-0.39, 0.29) is 55.7 Å². The number of para-hydroxylation sites is 2. The minimum absolute atomic E-state index is 0.00826. The number of ketones is 2. The first-order chi connectivity index (χ1) is 25.4. The molecule has 0 saturated carbocycles. The molecule has 53 heavy (non-hydrogen) atoms. The lowest BCUT2D eigenvalue weighted by atomic mass is 10.0. The van der Waals surface area contributed by atoms with Crippen LogP contribution in [0.4, 0.5) is 11.4 Å². The monoisotopic (exact) mass is 746 g/mol. The minimum atomic E-state index is -0.506. The van der Waals surface area contributed by atoms with Crippen LogP contribution >= 0.6 is 11.6 Å². The Morgan fingerprint density at radius 2 is 1.08 bits per heavy atom. The summed E-state index contributed by atoms with van der Waals surface area (Å²) >= 11 is 4.98. The maximum Gasteiger partial charge on any atom is 0.306 e. The lowest BCUT2D eigenvalue weighted by Crippen LogP contribution is -2.16. The maximum atomic E-state index is 12.8. The van der Waals surface area contributed by atoms with E-state index in [1.54, 1.807) is 118 Å². The van der Waals surface area contributed by atoms with Crippen molar-refractivity contribution in [1.29, 1.82) is 0 Å². The average molecular weight is 747 g/mol. The number of nitrogens with two attached hydrogens (primary N) is 1. The highest BCUT2D eigenvalue weighted by molar-refractivity contribution is 6.63. The molecule has 0 aliphatic heterocycles. The largest absolute Gasteiger partial charge is 0.497 e. The molecule has 0 spiro atoms. The summed E-state index contributed by atoms with van der Waals surface area (Å²) in [5, 5.41) is 2.18. The zero-order chi connectivity index (χ0) is 39.2. The van der Waals surface area contributed by atoms with Gasteiger partial charge in [0.1, 0.15) is 11.5 Å². The van der Waals surface area contributed by atoms with Gasteiger partial charge in [-0.2, -0.15) is 0 Å². The minimum Gasteiger partial charge on any atom is -0.497 e. The van der Waals surface area contributed by atoms with Crippen LogP contribution < -0.4 is 20.5 Å². The quantitative estimate of drug-likeness (QED) is 0.0565. The van der Waals surface area contributed by atoms with Crippen molar-refractivity contribution in [3.63, 3.8) is 0 Å². The molecule has 0 heterocycles. The van der Waals surface area contributed by atoms with Crippen molar-refractivity contribution in [2.45, 2.75) is 39.5 Å². The van der Waals surface area contributed by atoms with E-state index >= 15 is 0 Å². The van der Waals surface area contributed by atoms with Gasteiger partial charge in [-0.1, -0.05) is 48.5 Å². The number of anilines is 2. The summed E-state index contributed by atoms with van der Waals surface area (Å²) in [7, 11) is 3.10. The molecule has 1 amide bonds. The van der Waals surface area contributed by atoms with Crippen LogP contribution in [-0.4, -0.2) is 62.1 Å². The van der Waals surface area contributed by atoms with Crippen LogP contribution in [0.5, 0.6) is 11.5 Å². The van der Waals surface area contributed by atoms with Gasteiger partial charge in [0.15, 0.2) is 11.6 Å². The van der Waals surface area contributed by atoms with Crippen molar-refractivity contribution in [1.82, 2.24) is 0 Å². The van der Waals surface area contributed by atoms with Crippen LogP contribution in [-0.2, 0) is 28.7 Å². The zero-order valence-electron chi connectivity index (χ0n) is 30.0. The van der Waals surface area contributed by atoms with Gasteiger partial charge in [0.2, 0.25) is 11.1 Å². The second-order valence-electron chi connectivity index (χ2n) is 10.8. The second-order valence-corrected chi connectivity index (χ2v) is 11.2. The Labute approximate surface area is 313 Å². The number of nitrogens with one attached hydrogen (secondary N) is 1. The first kappa shape index (κ1) is 43.2. The number of rotatable bonds is 15. The van der Waals surface area contributed by atoms with Crippen molar-refractivity contribution in [3.8, 4) is 11.5 Å². The van der Waals surface area contributed by atoms with Crippen molar-refractivity contribution in [3.05, 3.63) is 119 Å². The second kappa shape index (κ2) is 23.5. The molecular formula is C40H43ClN2O10. The van der Waals surface area contributed by atoms with E-state index < -0.39 is 11.2 Å². The number of halogens is 1. The third-order valence-corrected chi connectivity index (χ3v) is 7.20. The topological polar surface area (TPSA) is 177 Å². The highest BCUT2D eigenvalue weighted by Gasteiger charge is 2.17. The predicted octanol–water partition coefficient (Wildman–Crippen LogP) is 6.81. The summed E-state index contributed by atoms with van der Waals surface area (Å²) in [5.41, 5.74) is 8.57. The summed E-state index contributed by atoms with van der Waals surface area (Å²) in [6, 6.07) is 27.6. The molecular weight excluding hydrogens is 704 g/mol. The van der Waals surface area contributed by atoms with Gasteiger partial charge in [-0.15, -0.1) is 0 Å². The van der Waals surface area contributed by atoms with Gasteiger partial charge in [0.25, 0.3) is 0 Å². The number of nitrogen functional groups attached to an aromatic ring is 1. The van der Waals surface area contributed by atoms with Gasteiger partial charge in [-0.3, -0.25) is 28.8 Å². The summed E-state index contributed by atoms with van der Waals surface area (Å²) < 4.78 is 19.6. The third kappa shape index (κ3) is 15.4. The number of carbonyl (C=O) groups excluding carboxylic acids is 6. The molecule has 0 aromatic heterocycles. The normalized spacial score (nSPS) is 9.83. The SMILES string of the molecule is CCOC(=O)CCC(=O)Cl.CCOC(=O)CCC(=O)Nc1ccccc1C(=O)c1cccc(OC)c1.COc1cccc(C(=O)c2ccccc2N)c1. The lowest BCUT2D eigenvalue weighted by molar-refractivity contribution is -0.144. The Kier molecular flexibility index (Phi) is 19.1. The van der Waals surface area contributed by atoms with E-state index in [0.717, 1.165) is 0 Å². The highest BCUT2D eigenvalue weighted by atomic mass is 35.5. The Bertz CT molecular complexity index is 1860. The molecule has 0 bridgehead atoms. The van der Waals surface area contributed by atoms with Gasteiger partial charge < -0.3 is 30.0 Å². The summed E-state index contributed by atoms with van der Waals surface area (Å²) in [5.74, 6) is -0.256. The number of esters is 2. The fraction of sp³-hybridized carbons (Fsp3) is 0.250. The van der Waals surface area contributed by atoms with Crippen molar-refractivity contribution in [2.75, 3.05) is 38.5 Å². The van der Waals surface area contributed by atoms with Gasteiger partial charge in [0, 0.05) is 40.8 Å². The van der Waals surface area contributed by atoms with Crippen LogP contribution in [0.25, 0.3) is 0 Å². The van der Waals surface area contributed by atoms with Crippen molar-refractivity contribution >= 4 is 57.6 Å². The van der Waals surface area contributed by atoms with Crippen LogP contribution in [0.15, 0.2) is 97.1 Å². The number of carbonyl (C=O) groups is 6. The molecule has 13 heteroatoms. The number of hydrogen-bond donors (Lipinski definition) is 2. The Hall–Kier alpha value is -6.01. The van der Waals surface area contributed by atoms with Crippen LogP contribution in [0.1, 0.15) is 71.4 Å². The molecule has 12 nitrogen and oxygen atoms in total. The fourth-order valence-electron chi connectivity index (χ4n) is 4.43. The van der Waals surface area contributed by atoms with Gasteiger partial charge in [0.05, 0.1) is 46.0 Å². The fourth-order valence-corrected chi connectivity index (χ4v) is 4.52. The molecule has 0 unspecified atom stereocenters. The summed E-state index contributed by atoms with van der Waals surface area (Å²) in [6.07, 6.45) is 0.114. The van der Waals surface area contributed by atoms with E-state index in [1.165, 1.54) is 7.11 Å². The molecule has 0 fully saturated rings. The van der Waals surface area contributed by atoms with Crippen molar-refractivity contribution < 1.29 is 47.7 Å². The van der Waals surface area contributed by atoms with Gasteiger partial charge >= 0.3 is 11.9 Å². The standard InChI is InChI=1S/C20H21NO5.C14H13NO2.C6H9ClO3/c1-3-26-19(23)12-11-18(22)21-17-10-5-4-9-16(17)20(24)14-7-6-8-15(13-14)25-2;1-17-11-6-4-5-10(9-11)14(16)12-7-2-3-8-13(12)15;1-2-10-6(9)4-3-5(7)8/h4-10,13H,3,11-12H2,1-2H3,(H,21,22);2-9H,15H2,1H3;2-4H2,1H3. The highest BCUT2D eigenvalue weighted by Crippen LogP contribution is 2.22. The first-order valence-electron chi connectivity index (χ1n) is 16.5. The van der Waals surface area contributed by atoms with Crippen molar-refractivity contribution in [2.24, 2.45) is 0 Å². The Balaban J connectivity index is 0.000000308. The zero-order valence-corrected chi connectivity index (χ0v) is 30.8. The lowest BCUT2D eigenvalue weighted by Gasteiger charge is -2.11. The first-order valence-corrected chi connectivity index (χ1v) is 16.9. The van der Waals surface area contributed by atoms with E-state index in [1.807, 2.05) is 0 Å². The van der Waals surface area contributed by atoms with E-state index in [2.05, 4.69) is 10.1 Å². The molecule has 0 aliphatic carbocycles. The van der Waals surface area contributed by atoms with E-state index in [0.29, 0.717) is 51.7 Å². The van der Waals surface area contributed by atoms with Gasteiger partial charge in [-0.05, 0) is 74.0 Å². The van der Waals surface area contributed by atoms with Crippen LogP contribution in [0.3, 0.4) is 0 Å². The molecule has 0 radical (unpaired) electrons. The molecule has 0 saturated heterocycles. The number of amides is 1. The average Bonchev–Trinajstić information content (AvgIpc) is 3.17. The predicted molar refractivity (Wildman–Crippen MR) is 201 cm³/mol. The maximum absolute atomic E-state index is 12.8. The number of ether oxygens (including phenoxy) is 4. The Morgan fingerprint density at radius 3 is 1.57 bits per heavy atom.